The lowest BCUT2D eigenvalue weighted by molar-refractivity contribution is -0.122. The number of benzene rings is 1. The molecule has 0 aliphatic rings. The molecule has 3 aromatic rings. The normalized spacial score (nSPS) is 13.4. The van der Waals surface area contributed by atoms with Crippen LogP contribution in [0.1, 0.15) is 25.7 Å². The second-order valence-electron chi connectivity index (χ2n) is 6.62. The van der Waals surface area contributed by atoms with Crippen molar-refractivity contribution in [3.8, 4) is 0 Å². The number of carbonyl (C=O) groups excluding carboxylic acids is 1. The molecule has 7 nitrogen and oxygen atoms in total. The average molecular weight is 407 g/mol. The summed E-state index contributed by atoms with van der Waals surface area (Å²) in [7, 11) is -2.26. The van der Waals surface area contributed by atoms with E-state index in [0.717, 1.165) is 26.7 Å². The van der Waals surface area contributed by atoms with Gasteiger partial charge in [0.1, 0.15) is 10.0 Å². The molecular weight excluding hydrogens is 384 g/mol. The van der Waals surface area contributed by atoms with Crippen LogP contribution in [-0.2, 0) is 14.8 Å². The van der Waals surface area contributed by atoms with Gasteiger partial charge in [0.15, 0.2) is 0 Å². The highest BCUT2D eigenvalue weighted by Gasteiger charge is 2.27. The van der Waals surface area contributed by atoms with Crippen LogP contribution in [0.15, 0.2) is 46.0 Å². The summed E-state index contributed by atoms with van der Waals surface area (Å²) in [6.45, 7) is 3.69. The van der Waals surface area contributed by atoms with E-state index in [-0.39, 0.29) is 28.6 Å². The van der Waals surface area contributed by atoms with E-state index in [9.17, 15) is 13.2 Å². The Morgan fingerprint density at radius 2 is 2.00 bits per heavy atom. The first-order valence-electron chi connectivity index (χ1n) is 8.53. The van der Waals surface area contributed by atoms with E-state index in [0.29, 0.717) is 5.82 Å². The minimum Gasteiger partial charge on any atom is -0.345 e. The Bertz CT molecular complexity index is 993. The van der Waals surface area contributed by atoms with Crippen molar-refractivity contribution < 1.29 is 13.2 Å². The number of fused-ring (bicyclic) bond motifs is 1. The molecule has 0 radical (unpaired) electrons. The summed E-state index contributed by atoms with van der Waals surface area (Å²) in [5.74, 6) is 0.355. The topological polar surface area (TPSA) is 95.2 Å². The van der Waals surface area contributed by atoms with Gasteiger partial charge in [0.05, 0.1) is 23.6 Å². The Balaban J connectivity index is 1.74. The minimum atomic E-state index is -3.66. The third kappa shape index (κ3) is 4.20. The molecule has 2 N–H and O–H groups in total. The van der Waals surface area contributed by atoms with Crippen molar-refractivity contribution in [2.45, 2.75) is 24.1 Å². The zero-order valence-corrected chi connectivity index (χ0v) is 17.0. The molecule has 0 unspecified atom stereocenters. The zero-order chi connectivity index (χ0) is 19.6. The van der Waals surface area contributed by atoms with Gasteiger partial charge in [-0.05, 0) is 29.5 Å². The van der Waals surface area contributed by atoms with Gasteiger partial charge in [-0.2, -0.15) is 4.31 Å². The first kappa shape index (κ1) is 19.5. The smallest absolute Gasteiger partial charge is 0.252 e. The Morgan fingerprint density at radius 1 is 1.26 bits per heavy atom. The number of para-hydroxylation sites is 2. The summed E-state index contributed by atoms with van der Waals surface area (Å²) in [5.41, 5.74) is 1.72. The molecule has 27 heavy (non-hydrogen) atoms. The number of aromatic nitrogens is 2. The third-order valence-corrected chi connectivity index (χ3v) is 7.39. The fourth-order valence-electron chi connectivity index (χ4n) is 2.74. The standard InChI is InChI=1S/C18H22N4O3S2/c1-12(2)17(18-19-13-7-4-5-8-14(13)20-18)21-15(23)11-22(3)27(24,25)16-9-6-10-26-16/h4-10,12,17H,11H2,1-3H3,(H,19,20)(H,21,23)/t17-/m1/s1. The van der Waals surface area contributed by atoms with Gasteiger partial charge in [0.25, 0.3) is 10.0 Å². The molecule has 3 rings (SSSR count). The number of amides is 1. The first-order valence-corrected chi connectivity index (χ1v) is 10.8. The molecule has 2 aromatic heterocycles. The van der Waals surface area contributed by atoms with Gasteiger partial charge in [-0.25, -0.2) is 13.4 Å². The minimum absolute atomic E-state index is 0.0775. The molecule has 1 amide bonds. The van der Waals surface area contributed by atoms with Crippen molar-refractivity contribution in [2.24, 2.45) is 5.92 Å². The number of H-pyrrole nitrogens is 1. The number of hydrogen-bond acceptors (Lipinski definition) is 5. The van der Waals surface area contributed by atoms with Crippen LogP contribution in [0, 0.1) is 5.92 Å². The third-order valence-electron chi connectivity index (χ3n) is 4.21. The van der Waals surface area contributed by atoms with Gasteiger partial charge in [0, 0.05) is 7.05 Å². The van der Waals surface area contributed by atoms with E-state index in [1.54, 1.807) is 11.4 Å². The number of thiophene rings is 1. The summed E-state index contributed by atoms with van der Waals surface area (Å²) >= 11 is 1.13. The molecule has 2 heterocycles. The summed E-state index contributed by atoms with van der Waals surface area (Å²) in [4.78, 5) is 20.3. The van der Waals surface area contributed by atoms with E-state index in [1.807, 2.05) is 38.1 Å². The lowest BCUT2D eigenvalue weighted by Crippen LogP contribution is -2.41. The number of imidazole rings is 1. The number of sulfonamides is 1. The first-order chi connectivity index (χ1) is 12.8. The van der Waals surface area contributed by atoms with Crippen LogP contribution >= 0.6 is 11.3 Å². The van der Waals surface area contributed by atoms with Crippen LogP contribution in [0.4, 0.5) is 0 Å². The monoisotopic (exact) mass is 406 g/mol. The van der Waals surface area contributed by atoms with E-state index in [2.05, 4.69) is 15.3 Å². The van der Waals surface area contributed by atoms with E-state index in [1.165, 1.54) is 13.1 Å². The maximum atomic E-state index is 12.5. The number of rotatable bonds is 7. The van der Waals surface area contributed by atoms with Gasteiger partial charge in [0.2, 0.25) is 5.91 Å². The lowest BCUT2D eigenvalue weighted by atomic mass is 10.0. The Morgan fingerprint density at radius 3 is 2.63 bits per heavy atom. The summed E-state index contributed by atoms with van der Waals surface area (Å²) in [6, 6.07) is 10.5. The molecule has 0 fully saturated rings. The average Bonchev–Trinajstić information content (AvgIpc) is 3.28. The van der Waals surface area contributed by atoms with Crippen molar-refractivity contribution in [2.75, 3.05) is 13.6 Å². The van der Waals surface area contributed by atoms with Crippen LogP contribution < -0.4 is 5.32 Å². The van der Waals surface area contributed by atoms with Crippen LogP contribution in [-0.4, -0.2) is 42.2 Å². The fraction of sp³-hybridized carbons (Fsp3) is 0.333. The predicted octanol–water partition coefficient (Wildman–Crippen LogP) is 2.76. The quantitative estimate of drug-likeness (QED) is 0.631. The number of nitrogens with zero attached hydrogens (tertiary/aromatic N) is 2. The maximum absolute atomic E-state index is 12.5. The van der Waals surface area contributed by atoms with Crippen LogP contribution in [0.3, 0.4) is 0 Å². The van der Waals surface area contributed by atoms with Crippen molar-refractivity contribution in [1.82, 2.24) is 19.6 Å². The fourth-order valence-corrected chi connectivity index (χ4v) is 5.07. The largest absolute Gasteiger partial charge is 0.345 e. The van der Waals surface area contributed by atoms with Gasteiger partial charge in [-0.3, -0.25) is 4.79 Å². The summed E-state index contributed by atoms with van der Waals surface area (Å²) in [5, 5.41) is 4.60. The van der Waals surface area contributed by atoms with E-state index < -0.39 is 10.0 Å². The molecule has 0 saturated carbocycles. The van der Waals surface area contributed by atoms with Crippen LogP contribution in [0.25, 0.3) is 11.0 Å². The van der Waals surface area contributed by atoms with Gasteiger partial charge < -0.3 is 10.3 Å². The predicted molar refractivity (Wildman–Crippen MR) is 106 cm³/mol. The number of carbonyl (C=O) groups is 1. The van der Waals surface area contributed by atoms with Gasteiger partial charge >= 0.3 is 0 Å². The second kappa shape index (κ2) is 7.79. The number of nitrogens with one attached hydrogen (secondary N) is 2. The molecule has 0 spiro atoms. The van der Waals surface area contributed by atoms with Crippen LogP contribution in [0.2, 0.25) is 0 Å². The SMILES string of the molecule is CC(C)[C@@H](NC(=O)CN(C)S(=O)(=O)c1cccs1)c1nc2ccccc2[nH]1. The van der Waals surface area contributed by atoms with Crippen molar-refractivity contribution in [1.29, 1.82) is 0 Å². The number of aromatic amines is 1. The molecule has 144 valence electrons. The summed E-state index contributed by atoms with van der Waals surface area (Å²) in [6.07, 6.45) is 0. The molecule has 9 heteroatoms. The number of likely N-dealkylation sites (N-methyl/N-ethyl adjacent to an activating group) is 1. The molecule has 1 aromatic carbocycles. The highest BCUT2D eigenvalue weighted by Crippen LogP contribution is 2.23. The van der Waals surface area contributed by atoms with Crippen molar-refractivity contribution >= 4 is 38.3 Å². The van der Waals surface area contributed by atoms with E-state index >= 15 is 0 Å². The maximum Gasteiger partial charge on any atom is 0.252 e. The van der Waals surface area contributed by atoms with Crippen LogP contribution in [0.5, 0.6) is 0 Å². The molecule has 0 saturated heterocycles. The Hall–Kier alpha value is -2.23. The second-order valence-corrected chi connectivity index (χ2v) is 9.84. The molecule has 0 aliphatic heterocycles. The molecular formula is C18H22N4O3S2. The summed E-state index contributed by atoms with van der Waals surface area (Å²) < 4.78 is 26.2. The van der Waals surface area contributed by atoms with Crippen molar-refractivity contribution in [3.05, 3.63) is 47.6 Å². The molecule has 1 atom stereocenters. The Kier molecular flexibility index (Phi) is 5.64. The molecule has 0 bridgehead atoms. The van der Waals surface area contributed by atoms with Gasteiger partial charge in [-0.15, -0.1) is 11.3 Å². The number of hydrogen-bond donors (Lipinski definition) is 2. The van der Waals surface area contributed by atoms with E-state index in [4.69, 9.17) is 0 Å². The lowest BCUT2D eigenvalue weighted by Gasteiger charge is -2.22. The highest BCUT2D eigenvalue weighted by atomic mass is 32.2. The Labute approximate surface area is 162 Å². The zero-order valence-electron chi connectivity index (χ0n) is 15.3. The molecule has 0 aliphatic carbocycles. The highest BCUT2D eigenvalue weighted by molar-refractivity contribution is 7.91. The van der Waals surface area contributed by atoms with Gasteiger partial charge in [-0.1, -0.05) is 32.0 Å². The van der Waals surface area contributed by atoms with Crippen molar-refractivity contribution in [3.63, 3.8) is 0 Å².